The van der Waals surface area contributed by atoms with E-state index >= 15 is 0 Å². The maximum atomic E-state index is 14.2. The summed E-state index contributed by atoms with van der Waals surface area (Å²) in [6.07, 6.45) is -2.19. The van der Waals surface area contributed by atoms with Gasteiger partial charge in [-0.2, -0.15) is 18.2 Å². The Balaban J connectivity index is 1.25. The van der Waals surface area contributed by atoms with Crippen molar-refractivity contribution in [2.45, 2.75) is 6.18 Å². The van der Waals surface area contributed by atoms with Gasteiger partial charge >= 0.3 is 6.18 Å². The summed E-state index contributed by atoms with van der Waals surface area (Å²) in [4.78, 5) is 27.0. The summed E-state index contributed by atoms with van der Waals surface area (Å²) in [7, 11) is 0. The molecule has 4 heterocycles. The number of anilines is 4. The van der Waals surface area contributed by atoms with Crippen molar-refractivity contribution in [3.8, 4) is 10.4 Å². The molecular weight excluding hydrogens is 538 g/mol. The molecule has 0 radical (unpaired) electrons. The van der Waals surface area contributed by atoms with E-state index < -0.39 is 23.5 Å². The number of rotatable bonds is 7. The molecule has 0 aliphatic carbocycles. The number of carbonyl (C=O) groups is 1. The largest absolute Gasteiger partial charge is 0.416 e. The summed E-state index contributed by atoms with van der Waals surface area (Å²) in [6, 6.07) is 10.1. The number of benzene rings is 1. The van der Waals surface area contributed by atoms with Crippen LogP contribution in [0.3, 0.4) is 0 Å². The molecule has 0 unspecified atom stereocenters. The highest BCUT2D eigenvalue weighted by Crippen LogP contribution is 2.36. The number of hydrogen-bond donors (Lipinski definition) is 3. The van der Waals surface area contributed by atoms with Gasteiger partial charge in [0, 0.05) is 23.7 Å². The minimum atomic E-state index is -4.52. The van der Waals surface area contributed by atoms with Crippen LogP contribution < -0.4 is 21.1 Å². The molecule has 39 heavy (non-hydrogen) atoms. The second kappa shape index (κ2) is 11.2. The van der Waals surface area contributed by atoms with Crippen LogP contribution in [-0.2, 0) is 10.9 Å². The number of hydrazine groups is 1. The number of halogens is 4. The van der Waals surface area contributed by atoms with E-state index in [0.29, 0.717) is 42.4 Å². The first-order chi connectivity index (χ1) is 18.8. The van der Waals surface area contributed by atoms with Gasteiger partial charge in [-0.1, -0.05) is 6.07 Å². The van der Waals surface area contributed by atoms with Crippen LogP contribution >= 0.6 is 11.3 Å². The first kappa shape index (κ1) is 26.3. The van der Waals surface area contributed by atoms with Crippen molar-refractivity contribution in [1.82, 2.24) is 20.4 Å². The molecule has 0 bridgehead atoms. The second-order valence-corrected chi connectivity index (χ2v) is 9.32. The van der Waals surface area contributed by atoms with Gasteiger partial charge in [0.05, 0.1) is 36.9 Å². The molecule has 0 spiro atoms. The Labute approximate surface area is 223 Å². The minimum absolute atomic E-state index is 0.0179. The molecule has 1 saturated heterocycles. The van der Waals surface area contributed by atoms with Crippen LogP contribution in [0.2, 0.25) is 0 Å². The monoisotopic (exact) mass is 559 g/mol. The molecular formula is C25H21F4N7O2S. The quantitative estimate of drug-likeness (QED) is 0.212. The predicted molar refractivity (Wildman–Crippen MR) is 138 cm³/mol. The van der Waals surface area contributed by atoms with Crippen molar-refractivity contribution in [3.05, 3.63) is 77.3 Å². The van der Waals surface area contributed by atoms with E-state index in [0.717, 1.165) is 18.3 Å². The zero-order valence-corrected chi connectivity index (χ0v) is 20.9. The number of alkyl halides is 3. The maximum Gasteiger partial charge on any atom is 0.416 e. The van der Waals surface area contributed by atoms with E-state index in [1.165, 1.54) is 29.7 Å². The minimum Gasteiger partial charge on any atom is -0.378 e. The van der Waals surface area contributed by atoms with E-state index in [-0.39, 0.29) is 23.1 Å². The van der Waals surface area contributed by atoms with Crippen molar-refractivity contribution in [3.63, 3.8) is 0 Å². The summed E-state index contributed by atoms with van der Waals surface area (Å²) in [6.45, 7) is 1.84. The lowest BCUT2D eigenvalue weighted by atomic mass is 10.1. The lowest BCUT2D eigenvalue weighted by Crippen LogP contribution is -2.38. The maximum absolute atomic E-state index is 14.2. The van der Waals surface area contributed by atoms with Gasteiger partial charge < -0.3 is 15.0 Å². The number of amides is 1. The van der Waals surface area contributed by atoms with Crippen molar-refractivity contribution < 1.29 is 27.1 Å². The molecule has 9 nitrogen and oxygen atoms in total. The Morgan fingerprint density at radius 3 is 2.54 bits per heavy atom. The summed E-state index contributed by atoms with van der Waals surface area (Å²) < 4.78 is 59.9. The fourth-order valence-corrected chi connectivity index (χ4v) is 4.52. The summed E-state index contributed by atoms with van der Waals surface area (Å²) in [5.41, 5.74) is 5.20. The fourth-order valence-electron chi connectivity index (χ4n) is 3.81. The van der Waals surface area contributed by atoms with Crippen molar-refractivity contribution in [1.29, 1.82) is 0 Å². The van der Waals surface area contributed by atoms with Gasteiger partial charge in [-0.3, -0.25) is 15.6 Å². The van der Waals surface area contributed by atoms with E-state index in [1.807, 2.05) is 0 Å². The average molecular weight is 560 g/mol. The molecule has 1 amide bonds. The number of nitrogens with zero attached hydrogens (tertiary/aromatic N) is 4. The van der Waals surface area contributed by atoms with Gasteiger partial charge in [-0.05, 0) is 47.3 Å². The lowest BCUT2D eigenvalue weighted by molar-refractivity contribution is -0.137. The third kappa shape index (κ3) is 6.41. The van der Waals surface area contributed by atoms with Gasteiger partial charge in [0.2, 0.25) is 5.95 Å². The molecule has 3 aromatic heterocycles. The van der Waals surface area contributed by atoms with Crippen LogP contribution in [0.4, 0.5) is 40.7 Å². The molecule has 4 aromatic rings. The molecule has 3 N–H and O–H groups in total. The highest BCUT2D eigenvalue weighted by atomic mass is 32.1. The number of thiophene rings is 1. The van der Waals surface area contributed by atoms with Gasteiger partial charge in [0.1, 0.15) is 5.69 Å². The predicted octanol–water partition coefficient (Wildman–Crippen LogP) is 5.10. The Hall–Kier alpha value is -4.30. The smallest absolute Gasteiger partial charge is 0.378 e. The number of hydrogen-bond acceptors (Lipinski definition) is 9. The zero-order valence-electron chi connectivity index (χ0n) is 20.1. The first-order valence-electron chi connectivity index (χ1n) is 11.7. The highest BCUT2D eigenvalue weighted by Gasteiger charge is 2.31. The van der Waals surface area contributed by atoms with Crippen LogP contribution in [0, 0.1) is 5.82 Å². The van der Waals surface area contributed by atoms with E-state index in [4.69, 9.17) is 4.74 Å². The number of carbonyl (C=O) groups excluding carboxylic acids is 1. The van der Waals surface area contributed by atoms with Gasteiger partial charge in [0.25, 0.3) is 5.91 Å². The SMILES string of the molecule is O=C(NNc1ncc(F)c(N2CCOCC2)n1)c1ccc(Nc2cc(-c3cccs3)cc(C(F)(F)F)c2)cn1. The summed E-state index contributed by atoms with van der Waals surface area (Å²) in [5, 5.41) is 4.70. The third-order valence-corrected chi connectivity index (χ3v) is 6.59. The zero-order chi connectivity index (χ0) is 27.4. The van der Waals surface area contributed by atoms with Crippen LogP contribution in [0.5, 0.6) is 0 Å². The molecule has 5 rings (SSSR count). The molecule has 1 aromatic carbocycles. The van der Waals surface area contributed by atoms with Gasteiger partial charge in [-0.15, -0.1) is 11.3 Å². The first-order valence-corrected chi connectivity index (χ1v) is 12.5. The standard InChI is InChI=1S/C25H21F4N7O2S/c26-19-14-31-24(33-22(19)36-5-7-38-8-6-36)35-34-23(37)20-4-3-17(13-30-20)32-18-11-15(21-2-1-9-39-21)10-16(12-18)25(27,28)29/h1-4,9-14,32H,5-8H2,(H,34,37)(H,31,33,35). The summed E-state index contributed by atoms with van der Waals surface area (Å²) in [5.74, 6) is -1.14. The van der Waals surface area contributed by atoms with E-state index in [2.05, 4.69) is 31.1 Å². The fraction of sp³-hybridized carbons (Fsp3) is 0.200. The Morgan fingerprint density at radius 1 is 1.03 bits per heavy atom. The molecule has 0 atom stereocenters. The Kier molecular flexibility index (Phi) is 7.56. The van der Waals surface area contributed by atoms with Crippen LogP contribution in [0.25, 0.3) is 10.4 Å². The molecule has 14 heteroatoms. The summed E-state index contributed by atoms with van der Waals surface area (Å²) >= 11 is 1.33. The van der Waals surface area contributed by atoms with Crippen molar-refractivity contribution in [2.75, 3.05) is 41.9 Å². The van der Waals surface area contributed by atoms with Crippen LogP contribution in [-0.4, -0.2) is 47.2 Å². The molecule has 1 aliphatic rings. The molecule has 202 valence electrons. The second-order valence-electron chi connectivity index (χ2n) is 8.37. The number of pyridine rings is 1. The topological polar surface area (TPSA) is 104 Å². The van der Waals surface area contributed by atoms with Crippen molar-refractivity contribution >= 4 is 40.4 Å². The van der Waals surface area contributed by atoms with Crippen LogP contribution in [0.15, 0.2) is 60.2 Å². The lowest BCUT2D eigenvalue weighted by Gasteiger charge is -2.28. The van der Waals surface area contributed by atoms with E-state index in [9.17, 15) is 22.4 Å². The Bertz CT molecular complexity index is 1440. The number of aromatic nitrogens is 3. The number of nitrogens with one attached hydrogen (secondary N) is 3. The van der Waals surface area contributed by atoms with E-state index in [1.54, 1.807) is 28.5 Å². The van der Waals surface area contributed by atoms with Gasteiger partial charge in [-0.25, -0.2) is 14.4 Å². The Morgan fingerprint density at radius 2 is 1.85 bits per heavy atom. The third-order valence-electron chi connectivity index (χ3n) is 5.67. The normalized spacial score (nSPS) is 13.7. The highest BCUT2D eigenvalue weighted by molar-refractivity contribution is 7.13. The molecule has 1 fully saturated rings. The van der Waals surface area contributed by atoms with Gasteiger partial charge in [0.15, 0.2) is 11.6 Å². The van der Waals surface area contributed by atoms with Crippen molar-refractivity contribution in [2.24, 2.45) is 0 Å². The van der Waals surface area contributed by atoms with Crippen LogP contribution in [0.1, 0.15) is 16.1 Å². The number of morpholine rings is 1. The molecule has 0 saturated carbocycles. The number of ether oxygens (including phenoxy) is 1. The molecule has 1 aliphatic heterocycles. The average Bonchev–Trinajstić information content (AvgIpc) is 3.48.